The summed E-state index contributed by atoms with van der Waals surface area (Å²) in [6.45, 7) is 0. The molecule has 2 rings (SSSR count). The fourth-order valence-electron chi connectivity index (χ4n) is 2.37. The first kappa shape index (κ1) is 24.6. The summed E-state index contributed by atoms with van der Waals surface area (Å²) in [5.74, 6) is -14.5. The standard InChI is InChI=1S/C16H8Br2F10S/c17-8-5-9(7-12(18,6-8)10-3-1-2-4-11(10)19)29-16(27,28)14(22,23)13(20,21)15(24,25)26/h1-5,7H,6H2. The van der Waals surface area contributed by atoms with Crippen LogP contribution >= 0.6 is 43.6 Å². The number of benzene rings is 1. The number of allylic oxidation sites excluding steroid dienone is 3. The van der Waals surface area contributed by atoms with Gasteiger partial charge in [-0.3, -0.25) is 0 Å². The van der Waals surface area contributed by atoms with Crippen molar-refractivity contribution in [3.05, 3.63) is 57.2 Å². The molecule has 0 N–H and O–H groups in total. The third-order valence-corrected chi connectivity index (χ3v) is 6.21. The van der Waals surface area contributed by atoms with Crippen LogP contribution in [-0.4, -0.2) is 23.3 Å². The Hall–Kier alpha value is -0.690. The van der Waals surface area contributed by atoms with Gasteiger partial charge in [0.05, 0.1) is 4.32 Å². The van der Waals surface area contributed by atoms with Crippen LogP contribution in [-0.2, 0) is 4.32 Å². The summed E-state index contributed by atoms with van der Waals surface area (Å²) in [7, 11) is 0. The lowest BCUT2D eigenvalue weighted by Crippen LogP contribution is -2.59. The lowest BCUT2D eigenvalue weighted by Gasteiger charge is -2.34. The van der Waals surface area contributed by atoms with Crippen molar-refractivity contribution < 1.29 is 43.9 Å². The van der Waals surface area contributed by atoms with Gasteiger partial charge < -0.3 is 0 Å². The Balaban J connectivity index is 2.46. The number of alkyl halides is 10. The SMILES string of the molecule is Fc1ccccc1C1(Br)C=C(SC(F)(F)C(F)(F)C(F)(F)C(F)(F)F)C=C(Br)C1. The summed E-state index contributed by atoms with van der Waals surface area (Å²) in [6.07, 6.45) is -5.28. The molecule has 0 saturated carbocycles. The summed E-state index contributed by atoms with van der Waals surface area (Å²) < 4.78 is 130. The van der Waals surface area contributed by atoms with Crippen LogP contribution in [0.15, 0.2) is 45.8 Å². The molecule has 0 saturated heterocycles. The normalized spacial score (nSPS) is 21.7. The minimum atomic E-state index is -6.98. The van der Waals surface area contributed by atoms with Crippen LogP contribution in [0.4, 0.5) is 43.9 Å². The molecule has 0 aromatic heterocycles. The molecule has 0 radical (unpaired) electrons. The van der Waals surface area contributed by atoms with E-state index in [0.29, 0.717) is 0 Å². The molecule has 162 valence electrons. The predicted molar refractivity (Wildman–Crippen MR) is 95.2 cm³/mol. The van der Waals surface area contributed by atoms with E-state index in [4.69, 9.17) is 0 Å². The molecule has 0 bridgehead atoms. The maximum absolute atomic E-state index is 14.1. The maximum atomic E-state index is 14.1. The molecule has 0 fully saturated rings. The van der Waals surface area contributed by atoms with E-state index >= 15 is 0 Å². The van der Waals surface area contributed by atoms with Crippen molar-refractivity contribution in [1.82, 2.24) is 0 Å². The van der Waals surface area contributed by atoms with E-state index in [1.165, 1.54) is 18.2 Å². The van der Waals surface area contributed by atoms with Gasteiger partial charge in [0, 0.05) is 16.9 Å². The van der Waals surface area contributed by atoms with Crippen LogP contribution in [0.25, 0.3) is 0 Å². The van der Waals surface area contributed by atoms with Crippen molar-refractivity contribution in [2.45, 2.75) is 34.0 Å². The Morgan fingerprint density at radius 2 is 1.45 bits per heavy atom. The third-order valence-electron chi connectivity index (χ3n) is 3.78. The first-order valence-electron chi connectivity index (χ1n) is 7.37. The molecule has 1 aliphatic rings. The largest absolute Gasteiger partial charge is 0.460 e. The van der Waals surface area contributed by atoms with Crippen molar-refractivity contribution in [2.24, 2.45) is 0 Å². The molecule has 1 aliphatic carbocycles. The molecule has 0 nitrogen and oxygen atoms in total. The van der Waals surface area contributed by atoms with Crippen LogP contribution in [0.3, 0.4) is 0 Å². The topological polar surface area (TPSA) is 0 Å². The minimum Gasteiger partial charge on any atom is -0.207 e. The smallest absolute Gasteiger partial charge is 0.207 e. The zero-order valence-electron chi connectivity index (χ0n) is 13.6. The van der Waals surface area contributed by atoms with Crippen molar-refractivity contribution >= 4 is 43.6 Å². The quantitative estimate of drug-likeness (QED) is 0.250. The highest BCUT2D eigenvalue weighted by molar-refractivity contribution is 9.12. The van der Waals surface area contributed by atoms with Gasteiger partial charge in [-0.2, -0.15) is 39.5 Å². The average Bonchev–Trinajstić information content (AvgIpc) is 2.52. The zero-order valence-corrected chi connectivity index (χ0v) is 17.6. The van der Waals surface area contributed by atoms with Crippen LogP contribution < -0.4 is 0 Å². The summed E-state index contributed by atoms with van der Waals surface area (Å²) in [4.78, 5) is -0.772. The number of thioether (sulfide) groups is 1. The van der Waals surface area contributed by atoms with Gasteiger partial charge in [-0.25, -0.2) is 4.39 Å². The van der Waals surface area contributed by atoms with Crippen molar-refractivity contribution in [3.8, 4) is 0 Å². The van der Waals surface area contributed by atoms with Gasteiger partial charge in [0.25, 0.3) is 0 Å². The van der Waals surface area contributed by atoms with Gasteiger partial charge in [-0.05, 0) is 34.5 Å². The molecule has 0 aliphatic heterocycles. The highest BCUT2D eigenvalue weighted by Gasteiger charge is 2.82. The van der Waals surface area contributed by atoms with Crippen molar-refractivity contribution in [3.63, 3.8) is 0 Å². The number of hydrogen-bond donors (Lipinski definition) is 0. The first-order chi connectivity index (χ1) is 12.9. The lowest BCUT2D eigenvalue weighted by atomic mass is 9.92. The van der Waals surface area contributed by atoms with E-state index in [2.05, 4.69) is 31.9 Å². The van der Waals surface area contributed by atoms with E-state index in [1.807, 2.05) is 0 Å². The van der Waals surface area contributed by atoms with Gasteiger partial charge >= 0.3 is 23.3 Å². The minimum absolute atomic E-state index is 0.0708. The van der Waals surface area contributed by atoms with Gasteiger partial charge in [0.15, 0.2) is 0 Å². The van der Waals surface area contributed by atoms with Crippen LogP contribution in [0.2, 0.25) is 0 Å². The summed E-state index contributed by atoms with van der Waals surface area (Å²) in [5.41, 5.74) is -0.0844. The second-order valence-electron chi connectivity index (χ2n) is 5.92. The predicted octanol–water partition coefficient (Wildman–Crippen LogP) is 8.14. The number of rotatable bonds is 5. The lowest BCUT2D eigenvalue weighted by molar-refractivity contribution is -0.381. The Bertz CT molecular complexity index is 846. The van der Waals surface area contributed by atoms with Gasteiger partial charge in [0.2, 0.25) is 0 Å². The van der Waals surface area contributed by atoms with Crippen molar-refractivity contribution in [1.29, 1.82) is 0 Å². The molecule has 0 heterocycles. The molecule has 1 aromatic rings. The van der Waals surface area contributed by atoms with E-state index in [9.17, 15) is 43.9 Å². The summed E-state index contributed by atoms with van der Waals surface area (Å²) in [6, 6.07) is 5.04. The Kier molecular flexibility index (Phi) is 6.59. The first-order valence-corrected chi connectivity index (χ1v) is 9.77. The second-order valence-corrected chi connectivity index (χ2v) is 9.54. The zero-order chi connectivity index (χ0) is 22.5. The molecule has 1 unspecified atom stereocenters. The average molecular weight is 582 g/mol. The monoisotopic (exact) mass is 580 g/mol. The molecule has 29 heavy (non-hydrogen) atoms. The Morgan fingerprint density at radius 1 is 0.897 bits per heavy atom. The van der Waals surface area contributed by atoms with Crippen LogP contribution in [0.5, 0.6) is 0 Å². The van der Waals surface area contributed by atoms with Gasteiger partial charge in [-0.15, -0.1) is 0 Å². The van der Waals surface area contributed by atoms with Crippen LogP contribution in [0, 0.1) is 5.82 Å². The molecule has 1 atom stereocenters. The number of halogens is 12. The molecular weight excluding hydrogens is 574 g/mol. The second kappa shape index (κ2) is 7.77. The molecular formula is C16H8Br2F10S. The summed E-state index contributed by atoms with van der Waals surface area (Å²) in [5, 5.41) is -5.85. The highest BCUT2D eigenvalue weighted by Crippen LogP contribution is 2.59. The van der Waals surface area contributed by atoms with E-state index < -0.39 is 50.1 Å². The van der Waals surface area contributed by atoms with E-state index in [0.717, 1.165) is 18.2 Å². The van der Waals surface area contributed by atoms with Gasteiger partial charge in [-0.1, -0.05) is 50.1 Å². The highest BCUT2D eigenvalue weighted by atomic mass is 79.9. The number of hydrogen-bond acceptors (Lipinski definition) is 1. The summed E-state index contributed by atoms with van der Waals surface area (Å²) >= 11 is 4.87. The van der Waals surface area contributed by atoms with Crippen molar-refractivity contribution in [2.75, 3.05) is 0 Å². The molecule has 1 aromatic carbocycles. The molecule has 0 amide bonds. The Morgan fingerprint density at radius 3 is 1.97 bits per heavy atom. The fraction of sp³-hybridized carbons (Fsp3) is 0.375. The maximum Gasteiger partial charge on any atom is 0.460 e. The molecule has 13 heteroatoms. The van der Waals surface area contributed by atoms with Gasteiger partial charge in [0.1, 0.15) is 5.82 Å². The van der Waals surface area contributed by atoms with E-state index in [1.54, 1.807) is 0 Å². The Labute approximate surface area is 178 Å². The van der Waals surface area contributed by atoms with E-state index in [-0.39, 0.29) is 16.5 Å². The third kappa shape index (κ3) is 4.51. The van der Waals surface area contributed by atoms with Crippen LogP contribution in [0.1, 0.15) is 12.0 Å². The fourth-order valence-corrected chi connectivity index (χ4v) is 5.62. The molecule has 0 spiro atoms.